The van der Waals surface area contributed by atoms with E-state index in [0.29, 0.717) is 16.1 Å². The smallest absolute Gasteiger partial charge is 0.0721 e. The molecule has 2 heteroatoms. The van der Waals surface area contributed by atoms with E-state index >= 15 is 0 Å². The Labute approximate surface area is 86.9 Å². The van der Waals surface area contributed by atoms with Crippen LogP contribution in [0.3, 0.4) is 0 Å². The van der Waals surface area contributed by atoms with Crippen molar-refractivity contribution in [1.29, 1.82) is 0 Å². The summed E-state index contributed by atoms with van der Waals surface area (Å²) in [6.45, 7) is 12.6. The van der Waals surface area contributed by atoms with E-state index in [1.54, 1.807) is 7.11 Å². The fourth-order valence-electron chi connectivity index (χ4n) is 1.28. The van der Waals surface area contributed by atoms with Crippen molar-refractivity contribution < 1.29 is 4.74 Å². The highest BCUT2D eigenvalue weighted by Gasteiger charge is 2.22. The zero-order valence-corrected chi connectivity index (χ0v) is 10.3. The van der Waals surface area contributed by atoms with Crippen LogP contribution in [0.5, 0.6) is 0 Å². The molecule has 0 rings (SSSR count). The topological polar surface area (TPSA) is 9.23 Å². The molecule has 0 radical (unpaired) electrons. The van der Waals surface area contributed by atoms with E-state index in [2.05, 4.69) is 34.3 Å². The van der Waals surface area contributed by atoms with Crippen molar-refractivity contribution in [2.24, 2.45) is 0 Å². The van der Waals surface area contributed by atoms with Crippen LogP contribution in [0.2, 0.25) is 0 Å². The second kappa shape index (κ2) is 5.71. The van der Waals surface area contributed by atoms with Gasteiger partial charge in [-0.3, -0.25) is 0 Å². The van der Waals surface area contributed by atoms with Gasteiger partial charge in [0.2, 0.25) is 0 Å². The van der Waals surface area contributed by atoms with Crippen molar-refractivity contribution in [2.75, 3.05) is 7.11 Å². The van der Waals surface area contributed by atoms with Crippen LogP contribution in [0.1, 0.15) is 34.1 Å². The van der Waals surface area contributed by atoms with Crippen LogP contribution in [0.4, 0.5) is 0 Å². The van der Waals surface area contributed by atoms with Crippen molar-refractivity contribution in [3.63, 3.8) is 0 Å². The third-order valence-corrected chi connectivity index (χ3v) is 3.15. The van der Waals surface area contributed by atoms with Crippen molar-refractivity contribution in [2.45, 2.75) is 50.2 Å². The molecule has 0 aliphatic heterocycles. The van der Waals surface area contributed by atoms with E-state index < -0.39 is 0 Å². The Kier molecular flexibility index (Phi) is 5.73. The van der Waals surface area contributed by atoms with E-state index in [9.17, 15) is 0 Å². The van der Waals surface area contributed by atoms with Gasteiger partial charge < -0.3 is 4.74 Å². The molecule has 2 atom stereocenters. The summed E-state index contributed by atoms with van der Waals surface area (Å²) < 4.78 is 5.71. The molecule has 0 saturated heterocycles. The molecule has 0 unspecified atom stereocenters. The molecule has 0 aromatic carbocycles. The zero-order valence-electron chi connectivity index (χ0n) is 9.46. The van der Waals surface area contributed by atoms with Crippen LogP contribution in [-0.4, -0.2) is 23.2 Å². The van der Waals surface area contributed by atoms with E-state index in [-0.39, 0.29) is 0 Å². The Morgan fingerprint density at radius 2 is 2.00 bits per heavy atom. The molecule has 0 bridgehead atoms. The summed E-state index contributed by atoms with van der Waals surface area (Å²) in [7, 11) is 1.77. The monoisotopic (exact) mass is 202 g/mol. The molecule has 0 N–H and O–H groups in total. The van der Waals surface area contributed by atoms with E-state index in [1.165, 1.54) is 0 Å². The summed E-state index contributed by atoms with van der Waals surface area (Å²) in [6.07, 6.45) is 3.15. The minimum Gasteiger partial charge on any atom is -0.380 e. The Bertz CT molecular complexity index is 149. The van der Waals surface area contributed by atoms with Gasteiger partial charge in [-0.1, -0.05) is 33.8 Å². The Hall–Kier alpha value is 0.0500. The molecule has 0 aromatic heterocycles. The molecule has 1 nitrogen and oxygen atoms in total. The van der Waals surface area contributed by atoms with Crippen LogP contribution in [0.15, 0.2) is 12.7 Å². The summed E-state index contributed by atoms with van der Waals surface area (Å²) in [6, 6.07) is 0. The summed E-state index contributed by atoms with van der Waals surface area (Å²) >= 11 is 1.96. The first-order valence-corrected chi connectivity index (χ1v) is 5.60. The first-order valence-electron chi connectivity index (χ1n) is 4.72. The number of hydrogen-bond donors (Lipinski definition) is 0. The summed E-state index contributed by atoms with van der Waals surface area (Å²) in [4.78, 5) is 0. The molecule has 0 spiro atoms. The lowest BCUT2D eigenvalue weighted by Gasteiger charge is -2.28. The maximum absolute atomic E-state index is 5.41. The number of hydrogen-bond acceptors (Lipinski definition) is 2. The Morgan fingerprint density at radius 1 is 1.46 bits per heavy atom. The fraction of sp³-hybridized carbons (Fsp3) is 0.818. The summed E-state index contributed by atoms with van der Waals surface area (Å²) in [5.41, 5.74) is 0. The third kappa shape index (κ3) is 6.17. The Balaban J connectivity index is 4.04. The van der Waals surface area contributed by atoms with Crippen molar-refractivity contribution in [3.8, 4) is 0 Å². The first-order chi connectivity index (χ1) is 5.90. The fourth-order valence-corrected chi connectivity index (χ4v) is 2.77. The number of rotatable bonds is 5. The molecule has 78 valence electrons. The number of ether oxygens (including phenoxy) is 1. The van der Waals surface area contributed by atoms with E-state index in [0.717, 1.165) is 6.42 Å². The maximum Gasteiger partial charge on any atom is 0.0721 e. The zero-order chi connectivity index (χ0) is 10.5. The predicted molar refractivity (Wildman–Crippen MR) is 62.4 cm³/mol. The van der Waals surface area contributed by atoms with Gasteiger partial charge in [0.25, 0.3) is 0 Å². The average molecular weight is 202 g/mol. The summed E-state index contributed by atoms with van der Waals surface area (Å²) in [5.74, 6) is 0. The van der Waals surface area contributed by atoms with Gasteiger partial charge in [-0.25, -0.2) is 0 Å². The maximum atomic E-state index is 5.41. The van der Waals surface area contributed by atoms with Gasteiger partial charge in [-0.05, 0) is 6.42 Å². The van der Waals surface area contributed by atoms with Gasteiger partial charge in [0, 0.05) is 17.1 Å². The number of methoxy groups -OCH3 is 1. The lowest BCUT2D eigenvalue weighted by molar-refractivity contribution is 0.106. The first kappa shape index (κ1) is 13.1. The minimum atomic E-state index is 0.293. The van der Waals surface area contributed by atoms with Crippen molar-refractivity contribution in [3.05, 3.63) is 12.7 Å². The number of thioether (sulfide) groups is 1. The van der Waals surface area contributed by atoms with Gasteiger partial charge in [0.15, 0.2) is 0 Å². The standard InChI is InChI=1S/C11H22OS/c1-7-8-10(12-6)9(2)13-11(3,4)5/h7,9-10H,1,8H2,2-6H3/t9-,10+/m1/s1. The molecule has 0 aliphatic rings. The highest BCUT2D eigenvalue weighted by Crippen LogP contribution is 2.31. The van der Waals surface area contributed by atoms with Crippen LogP contribution < -0.4 is 0 Å². The quantitative estimate of drug-likeness (QED) is 0.631. The lowest BCUT2D eigenvalue weighted by Crippen LogP contribution is -2.26. The van der Waals surface area contributed by atoms with Crippen LogP contribution in [0, 0.1) is 0 Å². The Morgan fingerprint density at radius 3 is 2.31 bits per heavy atom. The molecule has 0 heterocycles. The highest BCUT2D eigenvalue weighted by molar-refractivity contribution is 8.01. The van der Waals surface area contributed by atoms with Gasteiger partial charge in [0.05, 0.1) is 6.10 Å². The molecule has 0 saturated carbocycles. The van der Waals surface area contributed by atoms with Crippen molar-refractivity contribution >= 4 is 11.8 Å². The molecule has 0 aliphatic carbocycles. The predicted octanol–water partition coefficient (Wildman–Crippen LogP) is 3.50. The van der Waals surface area contributed by atoms with Gasteiger partial charge in [0.1, 0.15) is 0 Å². The summed E-state index contributed by atoms with van der Waals surface area (Å²) in [5, 5.41) is 0.517. The van der Waals surface area contributed by atoms with E-state index in [1.807, 2.05) is 17.8 Å². The SMILES string of the molecule is C=CC[C@H](OC)[C@@H](C)SC(C)(C)C. The average Bonchev–Trinajstić information content (AvgIpc) is 1.96. The third-order valence-electron chi connectivity index (χ3n) is 1.76. The second-order valence-corrected chi connectivity index (χ2v) is 6.44. The second-order valence-electron chi connectivity index (χ2n) is 4.23. The lowest BCUT2D eigenvalue weighted by atomic mass is 10.2. The molecular weight excluding hydrogens is 180 g/mol. The molecule has 13 heavy (non-hydrogen) atoms. The normalized spacial score (nSPS) is 16.7. The van der Waals surface area contributed by atoms with Crippen LogP contribution in [0.25, 0.3) is 0 Å². The van der Waals surface area contributed by atoms with Gasteiger partial charge >= 0.3 is 0 Å². The van der Waals surface area contributed by atoms with Gasteiger partial charge in [-0.2, -0.15) is 11.8 Å². The van der Waals surface area contributed by atoms with Crippen LogP contribution in [-0.2, 0) is 4.74 Å². The molecule has 0 aromatic rings. The van der Waals surface area contributed by atoms with Crippen LogP contribution >= 0.6 is 11.8 Å². The highest BCUT2D eigenvalue weighted by atomic mass is 32.2. The molecular formula is C11H22OS. The van der Waals surface area contributed by atoms with E-state index in [4.69, 9.17) is 4.74 Å². The van der Waals surface area contributed by atoms with Crippen molar-refractivity contribution in [1.82, 2.24) is 0 Å². The van der Waals surface area contributed by atoms with Gasteiger partial charge in [-0.15, -0.1) is 6.58 Å². The molecule has 0 fully saturated rings. The molecule has 0 amide bonds. The largest absolute Gasteiger partial charge is 0.380 e. The minimum absolute atomic E-state index is 0.293.